The van der Waals surface area contributed by atoms with Crippen molar-refractivity contribution in [3.8, 4) is 5.95 Å². The molecule has 0 saturated heterocycles. The maximum absolute atomic E-state index is 4.42. The smallest absolute Gasteiger partial charge is 0.258 e. The van der Waals surface area contributed by atoms with Gasteiger partial charge in [0, 0.05) is 19.8 Å². The third-order valence-corrected chi connectivity index (χ3v) is 2.90. The van der Waals surface area contributed by atoms with Crippen molar-refractivity contribution < 1.29 is 0 Å². The molecule has 0 bridgehead atoms. The summed E-state index contributed by atoms with van der Waals surface area (Å²) in [5.74, 6) is 1.39. The zero-order valence-corrected chi connectivity index (χ0v) is 11.7. The lowest BCUT2D eigenvalue weighted by Gasteiger charge is -2.18. The van der Waals surface area contributed by atoms with Gasteiger partial charge in [0.1, 0.15) is 12.7 Å². The summed E-state index contributed by atoms with van der Waals surface area (Å²) in [6.07, 6.45) is 2.98. The molecule has 106 valence electrons. The lowest BCUT2D eigenvalue weighted by molar-refractivity contribution is 0.792. The molecule has 2 heterocycles. The second kappa shape index (κ2) is 5.53. The summed E-state index contributed by atoms with van der Waals surface area (Å²) in [5.41, 5.74) is 0.982. The largest absolute Gasteiger partial charge is 0.357 e. The molecule has 0 fully saturated rings. The number of hydrogen-bond donors (Lipinski definition) is 1. The first kappa shape index (κ1) is 13.0. The summed E-state index contributed by atoms with van der Waals surface area (Å²) < 4.78 is 1.49. The molecule has 0 amide bonds. The summed E-state index contributed by atoms with van der Waals surface area (Å²) in [6, 6.07) is 9.86. The molecule has 21 heavy (non-hydrogen) atoms. The van der Waals surface area contributed by atoms with Crippen molar-refractivity contribution >= 4 is 17.6 Å². The summed E-state index contributed by atoms with van der Waals surface area (Å²) in [4.78, 5) is 18.8. The SMILES string of the molecule is CNc1nc(N(C)c2ccccc2)nc(-n2cncn2)n1. The zero-order chi connectivity index (χ0) is 14.7. The molecular weight excluding hydrogens is 268 g/mol. The number of nitrogens with one attached hydrogen (secondary N) is 1. The molecule has 0 spiro atoms. The van der Waals surface area contributed by atoms with Gasteiger partial charge in [-0.05, 0) is 12.1 Å². The fourth-order valence-corrected chi connectivity index (χ4v) is 1.80. The van der Waals surface area contributed by atoms with E-state index in [9.17, 15) is 0 Å². The van der Waals surface area contributed by atoms with Crippen molar-refractivity contribution in [2.75, 3.05) is 24.3 Å². The Kier molecular flexibility index (Phi) is 3.42. The van der Waals surface area contributed by atoms with E-state index >= 15 is 0 Å². The molecule has 3 rings (SSSR count). The van der Waals surface area contributed by atoms with Gasteiger partial charge in [-0.15, -0.1) is 0 Å². The van der Waals surface area contributed by atoms with E-state index in [1.54, 1.807) is 13.4 Å². The van der Waals surface area contributed by atoms with Crippen LogP contribution in [0.5, 0.6) is 0 Å². The Balaban J connectivity index is 2.04. The van der Waals surface area contributed by atoms with E-state index in [4.69, 9.17) is 0 Å². The van der Waals surface area contributed by atoms with E-state index in [1.807, 2.05) is 42.3 Å². The molecule has 0 aliphatic rings. The Labute approximate surface area is 121 Å². The van der Waals surface area contributed by atoms with E-state index in [0.29, 0.717) is 17.8 Å². The van der Waals surface area contributed by atoms with Gasteiger partial charge in [0.05, 0.1) is 0 Å². The van der Waals surface area contributed by atoms with E-state index in [2.05, 4.69) is 30.4 Å². The predicted molar refractivity (Wildman–Crippen MR) is 78.8 cm³/mol. The monoisotopic (exact) mass is 282 g/mol. The normalized spacial score (nSPS) is 10.4. The highest BCUT2D eigenvalue weighted by Crippen LogP contribution is 2.20. The van der Waals surface area contributed by atoms with Crippen molar-refractivity contribution in [1.82, 2.24) is 29.7 Å². The van der Waals surface area contributed by atoms with Crippen molar-refractivity contribution in [1.29, 1.82) is 0 Å². The van der Waals surface area contributed by atoms with Crippen LogP contribution >= 0.6 is 0 Å². The summed E-state index contributed by atoms with van der Waals surface area (Å²) >= 11 is 0. The molecule has 0 saturated carbocycles. The van der Waals surface area contributed by atoms with Gasteiger partial charge in [-0.25, -0.2) is 4.98 Å². The van der Waals surface area contributed by atoms with Crippen LogP contribution in [0.15, 0.2) is 43.0 Å². The highest BCUT2D eigenvalue weighted by atomic mass is 15.4. The van der Waals surface area contributed by atoms with Crippen LogP contribution in [0, 0.1) is 0 Å². The van der Waals surface area contributed by atoms with Crippen LogP contribution < -0.4 is 10.2 Å². The van der Waals surface area contributed by atoms with Crippen LogP contribution in [0.1, 0.15) is 0 Å². The van der Waals surface area contributed by atoms with Crippen LogP contribution in [0.3, 0.4) is 0 Å². The van der Waals surface area contributed by atoms with Gasteiger partial charge in [-0.3, -0.25) is 0 Å². The number of nitrogens with zero attached hydrogens (tertiary/aromatic N) is 7. The van der Waals surface area contributed by atoms with Crippen LogP contribution in [0.4, 0.5) is 17.6 Å². The first-order chi connectivity index (χ1) is 10.3. The Morgan fingerprint density at radius 3 is 2.57 bits per heavy atom. The Hall–Kier alpha value is -3.03. The molecule has 1 N–H and O–H groups in total. The summed E-state index contributed by atoms with van der Waals surface area (Å²) in [5, 5.41) is 6.97. The van der Waals surface area contributed by atoms with Gasteiger partial charge in [0.2, 0.25) is 11.9 Å². The quantitative estimate of drug-likeness (QED) is 0.771. The first-order valence-corrected chi connectivity index (χ1v) is 6.35. The van der Waals surface area contributed by atoms with Crippen molar-refractivity contribution in [2.45, 2.75) is 0 Å². The van der Waals surface area contributed by atoms with Gasteiger partial charge in [-0.2, -0.15) is 24.7 Å². The van der Waals surface area contributed by atoms with Crippen LogP contribution in [0.2, 0.25) is 0 Å². The van der Waals surface area contributed by atoms with Gasteiger partial charge >= 0.3 is 0 Å². The minimum atomic E-state index is 0.407. The Morgan fingerprint density at radius 2 is 1.90 bits per heavy atom. The molecule has 8 nitrogen and oxygen atoms in total. The standard InChI is InChI=1S/C13H14N8/c1-14-11-17-12(20(2)10-6-4-3-5-7-10)19-13(18-11)21-9-15-8-16-21/h3-9H,1-2H3,(H,14,17,18,19). The highest BCUT2D eigenvalue weighted by Gasteiger charge is 2.12. The molecule has 0 radical (unpaired) electrons. The number of para-hydroxylation sites is 1. The number of hydrogen-bond acceptors (Lipinski definition) is 7. The average molecular weight is 282 g/mol. The summed E-state index contributed by atoms with van der Waals surface area (Å²) in [6.45, 7) is 0. The van der Waals surface area contributed by atoms with Gasteiger partial charge in [0.25, 0.3) is 5.95 Å². The molecule has 0 aliphatic heterocycles. The number of aromatic nitrogens is 6. The first-order valence-electron chi connectivity index (χ1n) is 6.35. The molecular formula is C13H14N8. The topological polar surface area (TPSA) is 84.7 Å². The summed E-state index contributed by atoms with van der Waals surface area (Å²) in [7, 11) is 3.65. The molecule has 0 aliphatic carbocycles. The Bertz CT molecular complexity index is 710. The minimum absolute atomic E-state index is 0.407. The fourth-order valence-electron chi connectivity index (χ4n) is 1.80. The molecule has 3 aromatic rings. The lowest BCUT2D eigenvalue weighted by Crippen LogP contribution is -2.17. The van der Waals surface area contributed by atoms with Crippen LogP contribution in [-0.2, 0) is 0 Å². The van der Waals surface area contributed by atoms with E-state index < -0.39 is 0 Å². The maximum Gasteiger partial charge on any atom is 0.258 e. The third kappa shape index (κ3) is 2.64. The van der Waals surface area contributed by atoms with E-state index in [0.717, 1.165) is 5.69 Å². The number of anilines is 3. The molecule has 0 atom stereocenters. The van der Waals surface area contributed by atoms with Crippen molar-refractivity contribution in [3.05, 3.63) is 43.0 Å². The van der Waals surface area contributed by atoms with Crippen LogP contribution in [-0.4, -0.2) is 43.8 Å². The number of benzene rings is 1. The second-order valence-electron chi connectivity index (χ2n) is 4.24. The minimum Gasteiger partial charge on any atom is -0.357 e. The molecule has 8 heteroatoms. The highest BCUT2D eigenvalue weighted by molar-refractivity contribution is 5.57. The third-order valence-electron chi connectivity index (χ3n) is 2.90. The second-order valence-corrected chi connectivity index (χ2v) is 4.24. The van der Waals surface area contributed by atoms with Crippen LogP contribution in [0.25, 0.3) is 5.95 Å². The Morgan fingerprint density at radius 1 is 1.10 bits per heavy atom. The van der Waals surface area contributed by atoms with Crippen molar-refractivity contribution in [2.24, 2.45) is 0 Å². The maximum atomic E-state index is 4.42. The average Bonchev–Trinajstić information content (AvgIpc) is 3.09. The fraction of sp³-hybridized carbons (Fsp3) is 0.154. The van der Waals surface area contributed by atoms with Gasteiger partial charge < -0.3 is 10.2 Å². The molecule has 2 aromatic heterocycles. The number of rotatable bonds is 4. The molecule has 0 unspecified atom stereocenters. The molecule has 1 aromatic carbocycles. The van der Waals surface area contributed by atoms with Crippen molar-refractivity contribution in [3.63, 3.8) is 0 Å². The zero-order valence-electron chi connectivity index (χ0n) is 11.7. The van der Waals surface area contributed by atoms with E-state index in [1.165, 1.54) is 11.0 Å². The lowest BCUT2D eigenvalue weighted by atomic mass is 10.3. The van der Waals surface area contributed by atoms with E-state index in [-0.39, 0.29) is 0 Å². The van der Waals surface area contributed by atoms with Gasteiger partial charge in [0.15, 0.2) is 0 Å². The predicted octanol–water partition coefficient (Wildman–Crippen LogP) is 1.26. The van der Waals surface area contributed by atoms with Gasteiger partial charge in [-0.1, -0.05) is 18.2 Å².